The third-order valence-electron chi connectivity index (χ3n) is 2.88. The highest BCUT2D eigenvalue weighted by Crippen LogP contribution is 2.35. The summed E-state index contributed by atoms with van der Waals surface area (Å²) in [5, 5.41) is 2.54. The van der Waals surface area contributed by atoms with Gasteiger partial charge in [0.15, 0.2) is 11.5 Å². The van der Waals surface area contributed by atoms with E-state index in [0.717, 1.165) is 0 Å². The van der Waals surface area contributed by atoms with Gasteiger partial charge in [-0.05, 0) is 6.07 Å². The standard InChI is InChI=1S/C12H14N2O4/c1-14-8-5-10(18-3)9(17-2)4-7(8)12(16)13-6-11(14)15/h4-5H,6H2,1-3H3,(H,13,16). The van der Waals surface area contributed by atoms with Crippen molar-refractivity contribution < 1.29 is 19.1 Å². The number of rotatable bonds is 2. The summed E-state index contributed by atoms with van der Waals surface area (Å²) in [5.74, 6) is 0.442. The van der Waals surface area contributed by atoms with Crippen molar-refractivity contribution in [3.8, 4) is 11.5 Å². The van der Waals surface area contributed by atoms with Crippen molar-refractivity contribution in [2.24, 2.45) is 0 Å². The van der Waals surface area contributed by atoms with Crippen molar-refractivity contribution in [3.63, 3.8) is 0 Å². The number of likely N-dealkylation sites (N-methyl/N-ethyl adjacent to an activating group) is 1. The van der Waals surface area contributed by atoms with Crippen LogP contribution in [0, 0.1) is 0 Å². The van der Waals surface area contributed by atoms with Crippen LogP contribution < -0.4 is 19.7 Å². The first-order valence-corrected chi connectivity index (χ1v) is 5.39. The van der Waals surface area contributed by atoms with Gasteiger partial charge in [0.1, 0.15) is 0 Å². The number of nitrogens with zero attached hydrogens (tertiary/aromatic N) is 1. The Balaban J connectivity index is 2.63. The number of fused-ring (bicyclic) bond motifs is 1. The molecule has 6 heteroatoms. The lowest BCUT2D eigenvalue weighted by Crippen LogP contribution is -2.33. The fourth-order valence-electron chi connectivity index (χ4n) is 1.83. The van der Waals surface area contributed by atoms with Crippen LogP contribution in [-0.4, -0.2) is 39.6 Å². The lowest BCUT2D eigenvalue weighted by atomic mass is 10.1. The number of hydrogen-bond donors (Lipinski definition) is 1. The summed E-state index contributed by atoms with van der Waals surface area (Å²) >= 11 is 0. The molecule has 1 aromatic rings. The largest absolute Gasteiger partial charge is 0.493 e. The lowest BCUT2D eigenvalue weighted by Gasteiger charge is -2.18. The predicted molar refractivity (Wildman–Crippen MR) is 65.3 cm³/mol. The van der Waals surface area contributed by atoms with Gasteiger partial charge < -0.3 is 19.7 Å². The monoisotopic (exact) mass is 250 g/mol. The Kier molecular flexibility index (Phi) is 3.10. The van der Waals surface area contributed by atoms with Crippen LogP contribution in [0.3, 0.4) is 0 Å². The summed E-state index contributed by atoms with van der Waals surface area (Å²) in [4.78, 5) is 25.0. The molecule has 2 rings (SSSR count). The molecule has 0 radical (unpaired) electrons. The fourth-order valence-corrected chi connectivity index (χ4v) is 1.83. The van der Waals surface area contributed by atoms with Gasteiger partial charge in [-0.2, -0.15) is 0 Å². The van der Waals surface area contributed by atoms with E-state index < -0.39 is 0 Å². The van der Waals surface area contributed by atoms with Crippen LogP contribution in [-0.2, 0) is 4.79 Å². The van der Waals surface area contributed by atoms with Gasteiger partial charge in [-0.3, -0.25) is 9.59 Å². The zero-order chi connectivity index (χ0) is 13.3. The van der Waals surface area contributed by atoms with Crippen LogP contribution in [0.5, 0.6) is 11.5 Å². The number of methoxy groups -OCH3 is 2. The maximum absolute atomic E-state index is 11.9. The van der Waals surface area contributed by atoms with E-state index in [2.05, 4.69) is 5.32 Å². The normalized spacial score (nSPS) is 14.7. The number of benzene rings is 1. The number of carbonyl (C=O) groups is 2. The lowest BCUT2D eigenvalue weighted by molar-refractivity contribution is -0.117. The van der Waals surface area contributed by atoms with E-state index in [1.165, 1.54) is 19.1 Å². The molecule has 18 heavy (non-hydrogen) atoms. The SMILES string of the molecule is COc1cc2c(cc1OC)N(C)C(=O)CNC2=O. The van der Waals surface area contributed by atoms with Crippen LogP contribution in [0.15, 0.2) is 12.1 Å². The number of anilines is 1. The van der Waals surface area contributed by atoms with Gasteiger partial charge in [0, 0.05) is 13.1 Å². The molecule has 0 saturated carbocycles. The number of amides is 2. The van der Waals surface area contributed by atoms with E-state index in [1.807, 2.05) is 0 Å². The second kappa shape index (κ2) is 4.56. The van der Waals surface area contributed by atoms with Crippen molar-refractivity contribution in [2.75, 3.05) is 32.7 Å². The Labute approximate surface area is 104 Å². The maximum Gasteiger partial charge on any atom is 0.253 e. The van der Waals surface area contributed by atoms with Crippen LogP contribution >= 0.6 is 0 Å². The van der Waals surface area contributed by atoms with Gasteiger partial charge in [-0.15, -0.1) is 0 Å². The van der Waals surface area contributed by atoms with Gasteiger partial charge in [0.2, 0.25) is 5.91 Å². The highest BCUT2D eigenvalue weighted by atomic mass is 16.5. The molecular formula is C12H14N2O4. The van der Waals surface area contributed by atoms with Crippen molar-refractivity contribution in [2.45, 2.75) is 0 Å². The molecule has 2 amide bonds. The minimum atomic E-state index is -0.302. The molecule has 96 valence electrons. The third kappa shape index (κ3) is 1.85. The van der Waals surface area contributed by atoms with Gasteiger partial charge in [0.05, 0.1) is 32.0 Å². The number of ether oxygens (including phenoxy) is 2. The molecule has 0 spiro atoms. The molecule has 0 atom stereocenters. The number of nitrogens with one attached hydrogen (secondary N) is 1. The van der Waals surface area contributed by atoms with Crippen LogP contribution in [0.4, 0.5) is 5.69 Å². The molecule has 0 fully saturated rings. The maximum atomic E-state index is 11.9. The highest BCUT2D eigenvalue weighted by Gasteiger charge is 2.26. The molecule has 0 aliphatic carbocycles. The molecule has 1 N–H and O–H groups in total. The molecule has 0 aromatic heterocycles. The Morgan fingerprint density at radius 2 is 1.78 bits per heavy atom. The summed E-state index contributed by atoms with van der Waals surface area (Å²) in [6, 6.07) is 3.19. The average molecular weight is 250 g/mol. The summed E-state index contributed by atoms with van der Waals surface area (Å²) in [6.45, 7) is -0.0192. The summed E-state index contributed by atoms with van der Waals surface area (Å²) in [5.41, 5.74) is 0.897. The van der Waals surface area contributed by atoms with E-state index in [-0.39, 0.29) is 18.4 Å². The van der Waals surface area contributed by atoms with Crippen LogP contribution in [0.1, 0.15) is 10.4 Å². The van der Waals surface area contributed by atoms with Crippen molar-refractivity contribution in [1.29, 1.82) is 0 Å². The minimum Gasteiger partial charge on any atom is -0.493 e. The quantitative estimate of drug-likeness (QED) is 0.825. The van der Waals surface area contributed by atoms with Crippen LogP contribution in [0.25, 0.3) is 0 Å². The smallest absolute Gasteiger partial charge is 0.253 e. The predicted octanol–water partition coefficient (Wildman–Crippen LogP) is 0.410. The van der Waals surface area contributed by atoms with Gasteiger partial charge in [-0.25, -0.2) is 0 Å². The topological polar surface area (TPSA) is 67.9 Å². The molecular weight excluding hydrogens is 236 g/mol. The first kappa shape index (κ1) is 12.2. The summed E-state index contributed by atoms with van der Waals surface area (Å²) in [6.07, 6.45) is 0. The first-order chi connectivity index (χ1) is 8.58. The molecule has 1 aliphatic heterocycles. The Hall–Kier alpha value is -2.24. The Bertz CT molecular complexity index is 513. The van der Waals surface area contributed by atoms with Gasteiger partial charge in [0.25, 0.3) is 5.91 Å². The molecule has 1 heterocycles. The second-order valence-electron chi connectivity index (χ2n) is 3.86. The van der Waals surface area contributed by atoms with E-state index in [4.69, 9.17) is 9.47 Å². The summed E-state index contributed by atoms with van der Waals surface area (Å²) < 4.78 is 10.3. The molecule has 6 nitrogen and oxygen atoms in total. The van der Waals surface area contributed by atoms with E-state index in [1.54, 1.807) is 19.2 Å². The number of hydrogen-bond acceptors (Lipinski definition) is 4. The second-order valence-corrected chi connectivity index (χ2v) is 3.86. The fraction of sp³-hybridized carbons (Fsp3) is 0.333. The van der Waals surface area contributed by atoms with E-state index in [0.29, 0.717) is 22.7 Å². The molecule has 1 aromatic carbocycles. The van der Waals surface area contributed by atoms with Gasteiger partial charge >= 0.3 is 0 Å². The zero-order valence-electron chi connectivity index (χ0n) is 10.4. The third-order valence-corrected chi connectivity index (χ3v) is 2.88. The van der Waals surface area contributed by atoms with Crippen molar-refractivity contribution in [1.82, 2.24) is 5.32 Å². The van der Waals surface area contributed by atoms with Crippen LogP contribution in [0.2, 0.25) is 0 Å². The molecule has 1 aliphatic rings. The number of carbonyl (C=O) groups excluding carboxylic acids is 2. The Morgan fingerprint density at radius 1 is 1.17 bits per heavy atom. The van der Waals surface area contributed by atoms with Crippen molar-refractivity contribution >= 4 is 17.5 Å². The minimum absolute atomic E-state index is 0.0192. The molecule has 0 unspecified atom stereocenters. The average Bonchev–Trinajstić information content (AvgIpc) is 2.50. The highest BCUT2D eigenvalue weighted by molar-refractivity contribution is 6.10. The molecule has 0 bridgehead atoms. The molecule has 0 saturated heterocycles. The summed E-state index contributed by atoms with van der Waals surface area (Å²) in [7, 11) is 4.62. The zero-order valence-corrected chi connectivity index (χ0v) is 10.4. The van der Waals surface area contributed by atoms with E-state index >= 15 is 0 Å². The Morgan fingerprint density at radius 3 is 2.39 bits per heavy atom. The van der Waals surface area contributed by atoms with Crippen molar-refractivity contribution in [3.05, 3.63) is 17.7 Å². The first-order valence-electron chi connectivity index (χ1n) is 5.39. The van der Waals surface area contributed by atoms with Gasteiger partial charge in [-0.1, -0.05) is 0 Å². The van der Waals surface area contributed by atoms with E-state index in [9.17, 15) is 9.59 Å².